The summed E-state index contributed by atoms with van der Waals surface area (Å²) in [4.78, 5) is 0. The van der Waals surface area contributed by atoms with Crippen molar-refractivity contribution >= 4 is 10.2 Å². The van der Waals surface area contributed by atoms with Gasteiger partial charge in [0, 0.05) is 19.6 Å². The van der Waals surface area contributed by atoms with Gasteiger partial charge < -0.3 is 5.73 Å². The summed E-state index contributed by atoms with van der Waals surface area (Å²) in [5.74, 6) is 0.627. The lowest BCUT2D eigenvalue weighted by Gasteiger charge is -2.31. The fraction of sp³-hybridized carbons (Fsp3) is 1.00. The smallest absolute Gasteiger partial charge is 0.279 e. The highest BCUT2D eigenvalue weighted by atomic mass is 32.2. The van der Waals surface area contributed by atoms with Crippen molar-refractivity contribution in [2.45, 2.75) is 33.6 Å². The average molecular weight is 263 g/mol. The van der Waals surface area contributed by atoms with E-state index < -0.39 is 10.2 Å². The van der Waals surface area contributed by atoms with Gasteiger partial charge in [-0.2, -0.15) is 12.7 Å². The molecule has 17 heavy (non-hydrogen) atoms. The highest BCUT2D eigenvalue weighted by Gasteiger charge is 2.27. The standard InChI is InChI=1S/C11H25N3O2S/c1-10-4-6-14(7-5-10)17(15,16)13-9-11(2,3)8-12/h10,13H,4-9,12H2,1-3H3. The van der Waals surface area contributed by atoms with Crippen LogP contribution in [-0.2, 0) is 10.2 Å². The predicted octanol–water partition coefficient (Wildman–Crippen LogP) is 0.538. The Morgan fingerprint density at radius 1 is 1.35 bits per heavy atom. The van der Waals surface area contributed by atoms with Crippen LogP contribution < -0.4 is 10.5 Å². The summed E-state index contributed by atoms with van der Waals surface area (Å²) in [5.41, 5.74) is 5.39. The van der Waals surface area contributed by atoms with Crippen LogP contribution in [0.4, 0.5) is 0 Å². The van der Waals surface area contributed by atoms with Crippen molar-refractivity contribution in [2.24, 2.45) is 17.1 Å². The van der Waals surface area contributed by atoms with Crippen LogP contribution >= 0.6 is 0 Å². The zero-order valence-corrected chi connectivity index (χ0v) is 11.9. The molecule has 0 saturated carbocycles. The molecule has 0 amide bonds. The lowest BCUT2D eigenvalue weighted by molar-refractivity contribution is 0.281. The number of nitrogens with one attached hydrogen (secondary N) is 1. The number of piperidine rings is 1. The monoisotopic (exact) mass is 263 g/mol. The molecule has 3 N–H and O–H groups in total. The van der Waals surface area contributed by atoms with E-state index >= 15 is 0 Å². The quantitative estimate of drug-likeness (QED) is 0.760. The first kappa shape index (κ1) is 14.9. The molecule has 102 valence electrons. The molecule has 1 heterocycles. The van der Waals surface area contributed by atoms with Gasteiger partial charge in [0.1, 0.15) is 0 Å². The van der Waals surface area contributed by atoms with E-state index in [-0.39, 0.29) is 5.41 Å². The van der Waals surface area contributed by atoms with Crippen molar-refractivity contribution in [3.63, 3.8) is 0 Å². The molecule has 0 aromatic carbocycles. The summed E-state index contributed by atoms with van der Waals surface area (Å²) >= 11 is 0. The molecule has 6 heteroatoms. The van der Waals surface area contributed by atoms with Crippen molar-refractivity contribution in [3.05, 3.63) is 0 Å². The van der Waals surface area contributed by atoms with Gasteiger partial charge in [-0.1, -0.05) is 20.8 Å². The zero-order chi connectivity index (χ0) is 13.1. The topological polar surface area (TPSA) is 75.4 Å². The molecule has 1 fully saturated rings. The van der Waals surface area contributed by atoms with Crippen LogP contribution in [0.1, 0.15) is 33.6 Å². The van der Waals surface area contributed by atoms with Gasteiger partial charge in [-0.25, -0.2) is 4.72 Å². The van der Waals surface area contributed by atoms with Crippen molar-refractivity contribution in [1.29, 1.82) is 0 Å². The molecule has 0 radical (unpaired) electrons. The van der Waals surface area contributed by atoms with Gasteiger partial charge in [-0.15, -0.1) is 0 Å². The van der Waals surface area contributed by atoms with Crippen LogP contribution in [0.3, 0.4) is 0 Å². The molecule has 1 saturated heterocycles. The van der Waals surface area contributed by atoms with Crippen LogP contribution in [-0.4, -0.2) is 38.9 Å². The highest BCUT2D eigenvalue weighted by Crippen LogP contribution is 2.18. The lowest BCUT2D eigenvalue weighted by atomic mass is 9.95. The summed E-state index contributed by atoms with van der Waals surface area (Å²) in [7, 11) is -3.32. The molecule has 0 bridgehead atoms. The number of rotatable bonds is 5. The molecular formula is C11H25N3O2S. The number of hydrogen-bond donors (Lipinski definition) is 2. The predicted molar refractivity (Wildman–Crippen MR) is 69.7 cm³/mol. The number of nitrogens with zero attached hydrogens (tertiary/aromatic N) is 1. The van der Waals surface area contributed by atoms with Gasteiger partial charge >= 0.3 is 0 Å². The maximum atomic E-state index is 12.0. The van der Waals surface area contributed by atoms with Crippen molar-refractivity contribution in [2.75, 3.05) is 26.2 Å². The summed E-state index contributed by atoms with van der Waals surface area (Å²) in [6, 6.07) is 0. The van der Waals surface area contributed by atoms with Crippen molar-refractivity contribution < 1.29 is 8.42 Å². The van der Waals surface area contributed by atoms with Crippen LogP contribution in [0.2, 0.25) is 0 Å². The Bertz CT molecular complexity index is 333. The SMILES string of the molecule is CC1CCN(S(=O)(=O)NCC(C)(C)CN)CC1. The van der Waals surface area contributed by atoms with Gasteiger partial charge in [-0.3, -0.25) is 0 Å². The minimum Gasteiger partial charge on any atom is -0.330 e. The minimum absolute atomic E-state index is 0.198. The summed E-state index contributed by atoms with van der Waals surface area (Å²) in [6.07, 6.45) is 1.89. The van der Waals surface area contributed by atoms with E-state index in [0.29, 0.717) is 32.1 Å². The lowest BCUT2D eigenvalue weighted by Crippen LogP contribution is -2.48. The van der Waals surface area contributed by atoms with Gasteiger partial charge in [0.2, 0.25) is 0 Å². The molecule has 0 aliphatic carbocycles. The van der Waals surface area contributed by atoms with E-state index in [0.717, 1.165) is 12.8 Å². The van der Waals surface area contributed by atoms with E-state index in [1.807, 2.05) is 13.8 Å². The van der Waals surface area contributed by atoms with Crippen molar-refractivity contribution in [1.82, 2.24) is 9.03 Å². The van der Waals surface area contributed by atoms with Crippen molar-refractivity contribution in [3.8, 4) is 0 Å². The third kappa shape index (κ3) is 4.54. The first-order valence-corrected chi connectivity index (χ1v) is 7.66. The fourth-order valence-corrected chi connectivity index (χ4v) is 3.12. The first-order chi connectivity index (χ1) is 7.77. The highest BCUT2D eigenvalue weighted by molar-refractivity contribution is 7.87. The maximum absolute atomic E-state index is 12.0. The van der Waals surface area contributed by atoms with Gasteiger partial charge in [0.15, 0.2) is 0 Å². The Kier molecular flexibility index (Phi) is 4.95. The molecular weight excluding hydrogens is 238 g/mol. The second-order valence-electron chi connectivity index (χ2n) is 5.78. The third-order valence-corrected chi connectivity index (χ3v) is 4.92. The normalized spacial score (nSPS) is 20.7. The van der Waals surface area contributed by atoms with E-state index in [9.17, 15) is 8.42 Å². The van der Waals surface area contributed by atoms with E-state index in [2.05, 4.69) is 11.6 Å². The van der Waals surface area contributed by atoms with Gasteiger partial charge in [0.05, 0.1) is 0 Å². The molecule has 0 aromatic rings. The molecule has 0 unspecified atom stereocenters. The van der Waals surface area contributed by atoms with Crippen LogP contribution in [0.15, 0.2) is 0 Å². The average Bonchev–Trinajstić information content (AvgIpc) is 2.27. The summed E-state index contributed by atoms with van der Waals surface area (Å²) in [5, 5.41) is 0. The Balaban J connectivity index is 2.51. The molecule has 0 atom stereocenters. The third-order valence-electron chi connectivity index (χ3n) is 3.37. The first-order valence-electron chi connectivity index (χ1n) is 6.22. The zero-order valence-electron chi connectivity index (χ0n) is 11.1. The second-order valence-corrected chi connectivity index (χ2v) is 7.53. The van der Waals surface area contributed by atoms with E-state index in [1.165, 1.54) is 0 Å². The van der Waals surface area contributed by atoms with Crippen LogP contribution in [0, 0.1) is 11.3 Å². The number of nitrogens with two attached hydrogens (primary N) is 1. The summed E-state index contributed by atoms with van der Waals surface area (Å²) in [6.45, 7) is 8.17. The van der Waals surface area contributed by atoms with E-state index in [1.54, 1.807) is 4.31 Å². The molecule has 0 spiro atoms. The molecule has 0 aromatic heterocycles. The largest absolute Gasteiger partial charge is 0.330 e. The second kappa shape index (κ2) is 5.65. The van der Waals surface area contributed by atoms with Crippen LogP contribution in [0.5, 0.6) is 0 Å². The minimum atomic E-state index is -3.32. The van der Waals surface area contributed by atoms with E-state index in [4.69, 9.17) is 5.73 Å². The van der Waals surface area contributed by atoms with Gasteiger partial charge in [-0.05, 0) is 30.7 Å². The number of hydrogen-bond acceptors (Lipinski definition) is 3. The van der Waals surface area contributed by atoms with Crippen LogP contribution in [0.25, 0.3) is 0 Å². The Morgan fingerprint density at radius 2 is 1.88 bits per heavy atom. The molecule has 5 nitrogen and oxygen atoms in total. The Morgan fingerprint density at radius 3 is 2.35 bits per heavy atom. The van der Waals surface area contributed by atoms with Gasteiger partial charge in [0.25, 0.3) is 10.2 Å². The fourth-order valence-electron chi connectivity index (χ4n) is 1.68. The molecule has 1 aliphatic heterocycles. The molecule has 1 aliphatic rings. The maximum Gasteiger partial charge on any atom is 0.279 e. The molecule has 1 rings (SSSR count). The summed E-state index contributed by atoms with van der Waals surface area (Å²) < 4.78 is 28.3. The Labute approximate surface area is 105 Å². The Hall–Kier alpha value is -0.170.